The molecule has 2 aromatic rings. The molecule has 0 aliphatic heterocycles. The number of nitriles is 1. The van der Waals surface area contributed by atoms with E-state index in [2.05, 4.69) is 10.6 Å². The second kappa shape index (κ2) is 12.6. The number of hydrogen-bond acceptors (Lipinski definition) is 5. The van der Waals surface area contributed by atoms with Gasteiger partial charge in [-0.15, -0.1) is 0 Å². The fourth-order valence-electron chi connectivity index (χ4n) is 3.49. The number of rotatable bonds is 9. The summed E-state index contributed by atoms with van der Waals surface area (Å²) >= 11 is 0. The molecule has 0 aliphatic rings. The maximum Gasteiger partial charge on any atom is 0.408 e. The van der Waals surface area contributed by atoms with E-state index >= 15 is 0 Å². The van der Waals surface area contributed by atoms with Gasteiger partial charge >= 0.3 is 6.09 Å². The first-order valence-electron chi connectivity index (χ1n) is 11.6. The molecule has 0 aliphatic carbocycles. The topological polar surface area (TPSA) is 112 Å². The molecule has 8 heteroatoms. The molecule has 2 N–H and O–H groups in total. The zero-order valence-corrected chi connectivity index (χ0v) is 20.9. The summed E-state index contributed by atoms with van der Waals surface area (Å²) in [7, 11) is 0. The van der Waals surface area contributed by atoms with Crippen molar-refractivity contribution >= 4 is 17.9 Å². The molecule has 2 aromatic carbocycles. The molecule has 0 aromatic heterocycles. The average molecular weight is 479 g/mol. The molecule has 0 radical (unpaired) electrons. The predicted octanol–water partition coefficient (Wildman–Crippen LogP) is 3.95. The molecule has 8 nitrogen and oxygen atoms in total. The van der Waals surface area contributed by atoms with Crippen LogP contribution in [0.25, 0.3) is 0 Å². The highest BCUT2D eigenvalue weighted by Crippen LogP contribution is 2.24. The van der Waals surface area contributed by atoms with Gasteiger partial charge in [-0.2, -0.15) is 5.26 Å². The highest BCUT2D eigenvalue weighted by atomic mass is 16.6. The molecule has 3 amide bonds. The van der Waals surface area contributed by atoms with Gasteiger partial charge in [0.2, 0.25) is 11.8 Å². The van der Waals surface area contributed by atoms with E-state index in [0.29, 0.717) is 5.56 Å². The van der Waals surface area contributed by atoms with E-state index in [1.165, 1.54) is 4.90 Å². The number of alkyl carbamates (subject to hydrolysis) is 1. The molecule has 2 rings (SSSR count). The lowest BCUT2D eigenvalue weighted by Gasteiger charge is -2.34. The fraction of sp³-hybridized carbons (Fsp3) is 0.407. The molecular formula is C27H34N4O4. The van der Waals surface area contributed by atoms with Gasteiger partial charge < -0.3 is 20.3 Å². The standard InChI is InChI=1S/C27H34N4O4/c1-19(2)22(30-26(34)35-27(3,4)5)25(33)31(17-16-28)23(21-14-10-7-11-15-21)24(32)29-18-20-12-8-6-9-13-20/h6-15,19,22-23H,17-18H2,1-5H3,(H,29,32)(H,30,34). The van der Waals surface area contributed by atoms with Crippen molar-refractivity contribution in [3.8, 4) is 6.07 Å². The second-order valence-electron chi connectivity index (χ2n) is 9.51. The summed E-state index contributed by atoms with van der Waals surface area (Å²) < 4.78 is 5.32. The van der Waals surface area contributed by atoms with Gasteiger partial charge in [0.25, 0.3) is 0 Å². The van der Waals surface area contributed by atoms with Crippen LogP contribution in [0.2, 0.25) is 0 Å². The lowest BCUT2D eigenvalue weighted by Crippen LogP contribution is -2.55. The van der Waals surface area contributed by atoms with Gasteiger partial charge in [0.05, 0.1) is 6.07 Å². The number of amides is 3. The normalized spacial score (nSPS) is 12.7. The quantitative estimate of drug-likeness (QED) is 0.530. The van der Waals surface area contributed by atoms with Crippen molar-refractivity contribution < 1.29 is 19.1 Å². The highest BCUT2D eigenvalue weighted by molar-refractivity contribution is 5.92. The fourth-order valence-corrected chi connectivity index (χ4v) is 3.49. The van der Waals surface area contributed by atoms with Gasteiger partial charge in [-0.25, -0.2) is 4.79 Å². The number of ether oxygens (including phenoxy) is 1. The molecule has 0 saturated carbocycles. The Labute approximate surface area is 207 Å². The van der Waals surface area contributed by atoms with E-state index in [1.54, 1.807) is 65.0 Å². The van der Waals surface area contributed by atoms with Crippen LogP contribution in [0.1, 0.15) is 51.8 Å². The monoisotopic (exact) mass is 478 g/mol. The van der Waals surface area contributed by atoms with E-state index in [-0.39, 0.29) is 19.0 Å². The summed E-state index contributed by atoms with van der Waals surface area (Å²) in [5.74, 6) is -1.29. The molecular weight excluding hydrogens is 444 g/mol. The van der Waals surface area contributed by atoms with Crippen molar-refractivity contribution in [1.29, 1.82) is 5.26 Å². The average Bonchev–Trinajstić information content (AvgIpc) is 2.80. The number of hydrogen-bond donors (Lipinski definition) is 2. The summed E-state index contributed by atoms with van der Waals surface area (Å²) in [4.78, 5) is 40.8. The maximum atomic E-state index is 13.7. The SMILES string of the molecule is CC(C)C(NC(=O)OC(C)(C)C)C(=O)N(CC#N)C(C(=O)NCc1ccccc1)c1ccccc1. The molecule has 2 atom stereocenters. The van der Waals surface area contributed by atoms with E-state index in [1.807, 2.05) is 36.4 Å². The van der Waals surface area contributed by atoms with Gasteiger partial charge in [-0.1, -0.05) is 74.5 Å². The summed E-state index contributed by atoms with van der Waals surface area (Å²) in [6, 6.07) is 18.1. The summed E-state index contributed by atoms with van der Waals surface area (Å²) in [6.07, 6.45) is -0.744. The van der Waals surface area contributed by atoms with Crippen molar-refractivity contribution in [2.24, 2.45) is 5.92 Å². The first-order chi connectivity index (χ1) is 16.5. The van der Waals surface area contributed by atoms with Crippen LogP contribution in [-0.2, 0) is 20.9 Å². The van der Waals surface area contributed by atoms with Gasteiger partial charge in [0, 0.05) is 6.54 Å². The zero-order valence-electron chi connectivity index (χ0n) is 20.9. The van der Waals surface area contributed by atoms with Crippen LogP contribution >= 0.6 is 0 Å². The lowest BCUT2D eigenvalue weighted by molar-refractivity contribution is -0.142. The number of nitrogens with one attached hydrogen (secondary N) is 2. The van der Waals surface area contributed by atoms with E-state index in [4.69, 9.17) is 4.74 Å². The molecule has 0 spiro atoms. The number of carbonyl (C=O) groups is 3. The highest BCUT2D eigenvalue weighted by Gasteiger charge is 2.37. The van der Waals surface area contributed by atoms with Crippen molar-refractivity contribution in [2.45, 2.75) is 58.8 Å². The molecule has 0 fully saturated rings. The van der Waals surface area contributed by atoms with Crippen molar-refractivity contribution in [3.05, 3.63) is 71.8 Å². The molecule has 0 bridgehead atoms. The van der Waals surface area contributed by atoms with Gasteiger partial charge in [-0.3, -0.25) is 9.59 Å². The Bertz CT molecular complexity index is 1030. The summed E-state index contributed by atoms with van der Waals surface area (Å²) in [6.45, 7) is 8.66. The van der Waals surface area contributed by atoms with Crippen molar-refractivity contribution in [2.75, 3.05) is 6.54 Å². The Morgan fingerprint density at radius 1 is 1.00 bits per heavy atom. The predicted molar refractivity (Wildman–Crippen MR) is 133 cm³/mol. The molecule has 2 unspecified atom stereocenters. The van der Waals surface area contributed by atoms with E-state index < -0.39 is 35.6 Å². The van der Waals surface area contributed by atoms with Crippen LogP contribution in [-0.4, -0.2) is 41.0 Å². The molecule has 0 heterocycles. The van der Waals surface area contributed by atoms with Crippen LogP contribution in [0.4, 0.5) is 4.79 Å². The minimum Gasteiger partial charge on any atom is -0.444 e. The summed E-state index contributed by atoms with van der Waals surface area (Å²) in [5.41, 5.74) is 0.712. The number of carbonyl (C=O) groups excluding carboxylic acids is 3. The van der Waals surface area contributed by atoms with Gasteiger partial charge in [-0.05, 0) is 37.8 Å². The Morgan fingerprint density at radius 2 is 1.57 bits per heavy atom. The Balaban J connectivity index is 2.37. The number of benzene rings is 2. The zero-order chi connectivity index (χ0) is 26.0. The lowest BCUT2D eigenvalue weighted by atomic mass is 9.99. The Hall–Kier alpha value is -3.86. The van der Waals surface area contributed by atoms with Crippen molar-refractivity contribution in [1.82, 2.24) is 15.5 Å². The third-order valence-corrected chi connectivity index (χ3v) is 5.11. The minimum absolute atomic E-state index is 0.265. The first-order valence-corrected chi connectivity index (χ1v) is 11.6. The Kier molecular flexibility index (Phi) is 9.83. The minimum atomic E-state index is -1.06. The van der Waals surface area contributed by atoms with E-state index in [9.17, 15) is 19.6 Å². The Morgan fingerprint density at radius 3 is 2.09 bits per heavy atom. The molecule has 0 saturated heterocycles. The smallest absolute Gasteiger partial charge is 0.408 e. The third-order valence-electron chi connectivity index (χ3n) is 5.11. The van der Waals surface area contributed by atoms with Crippen LogP contribution in [0, 0.1) is 17.2 Å². The van der Waals surface area contributed by atoms with Crippen LogP contribution in [0.15, 0.2) is 60.7 Å². The third kappa shape index (κ3) is 8.45. The number of nitrogens with zero attached hydrogens (tertiary/aromatic N) is 2. The van der Waals surface area contributed by atoms with Gasteiger partial charge in [0.1, 0.15) is 24.2 Å². The first kappa shape index (κ1) is 27.4. The molecule has 35 heavy (non-hydrogen) atoms. The van der Waals surface area contributed by atoms with Crippen LogP contribution < -0.4 is 10.6 Å². The molecule has 186 valence electrons. The summed E-state index contributed by atoms with van der Waals surface area (Å²) in [5, 5.41) is 15.0. The van der Waals surface area contributed by atoms with Crippen LogP contribution in [0.3, 0.4) is 0 Å². The van der Waals surface area contributed by atoms with E-state index in [0.717, 1.165) is 5.56 Å². The van der Waals surface area contributed by atoms with Gasteiger partial charge in [0.15, 0.2) is 0 Å². The largest absolute Gasteiger partial charge is 0.444 e. The maximum absolute atomic E-state index is 13.7. The second-order valence-corrected chi connectivity index (χ2v) is 9.51. The van der Waals surface area contributed by atoms with Crippen LogP contribution in [0.5, 0.6) is 0 Å². The van der Waals surface area contributed by atoms with Crippen molar-refractivity contribution in [3.63, 3.8) is 0 Å².